The Kier molecular flexibility index (Phi) is 39.1. The monoisotopic (exact) mass is 810 g/mol. The number of carbonyl (C=O) groups excluding carboxylic acids is 1. The average molecular weight is 810 g/mol. The van der Waals surface area contributed by atoms with Gasteiger partial charge in [0.05, 0.1) is 34.4 Å². The lowest BCUT2D eigenvalue weighted by Crippen LogP contribution is -2.37. The highest BCUT2D eigenvalue weighted by Crippen LogP contribution is 2.38. The molecule has 0 aromatic rings. The zero-order chi connectivity index (χ0) is 41.3. The van der Waals surface area contributed by atoms with Crippen molar-refractivity contribution in [2.24, 2.45) is 0 Å². The minimum Gasteiger partial charge on any atom is -0.756 e. The summed E-state index contributed by atoms with van der Waals surface area (Å²) in [7, 11) is 1.35. The van der Waals surface area contributed by atoms with E-state index in [0.29, 0.717) is 24.1 Å². The van der Waals surface area contributed by atoms with Gasteiger partial charge in [0.1, 0.15) is 19.3 Å². The number of carbonyl (C=O) groups is 1. The summed E-state index contributed by atoms with van der Waals surface area (Å²) in [6, 6.07) is 0. The molecule has 328 valence electrons. The zero-order valence-corrected chi connectivity index (χ0v) is 38.0. The van der Waals surface area contributed by atoms with E-state index < -0.39 is 13.9 Å². The van der Waals surface area contributed by atoms with Crippen molar-refractivity contribution in [2.75, 3.05) is 54.1 Å². The molecule has 0 N–H and O–H groups in total. The van der Waals surface area contributed by atoms with Crippen LogP contribution >= 0.6 is 7.82 Å². The lowest BCUT2D eigenvalue weighted by molar-refractivity contribution is -0.870. The predicted molar refractivity (Wildman–Crippen MR) is 236 cm³/mol. The number of quaternary nitrogens is 1. The van der Waals surface area contributed by atoms with E-state index in [1.54, 1.807) is 0 Å². The summed E-state index contributed by atoms with van der Waals surface area (Å²) in [4.78, 5) is 25.1. The summed E-state index contributed by atoms with van der Waals surface area (Å²) in [6.07, 6.45) is 48.3. The van der Waals surface area contributed by atoms with E-state index in [1.165, 1.54) is 103 Å². The number of phosphoric ester groups is 1. The fraction of sp³-hybridized carbons (Fsp3) is 0.809. The van der Waals surface area contributed by atoms with Crippen LogP contribution in [-0.2, 0) is 27.9 Å². The lowest BCUT2D eigenvalue weighted by atomic mass is 10.0. The van der Waals surface area contributed by atoms with E-state index in [1.807, 2.05) is 21.1 Å². The van der Waals surface area contributed by atoms with E-state index >= 15 is 0 Å². The second-order valence-electron chi connectivity index (χ2n) is 16.4. The van der Waals surface area contributed by atoms with E-state index in [4.69, 9.17) is 18.5 Å². The third-order valence-corrected chi connectivity index (χ3v) is 10.6. The first-order chi connectivity index (χ1) is 27.1. The molecule has 0 spiro atoms. The van der Waals surface area contributed by atoms with E-state index in [-0.39, 0.29) is 25.8 Å². The summed E-state index contributed by atoms with van der Waals surface area (Å²) in [5.74, 6) is -0.342. The highest BCUT2D eigenvalue weighted by atomic mass is 31.2. The topological polar surface area (TPSA) is 94.1 Å². The van der Waals surface area contributed by atoms with Gasteiger partial charge in [-0.25, -0.2) is 0 Å². The van der Waals surface area contributed by atoms with Crippen LogP contribution < -0.4 is 4.89 Å². The van der Waals surface area contributed by atoms with Crippen LogP contribution in [0.2, 0.25) is 0 Å². The second-order valence-corrected chi connectivity index (χ2v) is 17.8. The third kappa shape index (κ3) is 43.6. The molecule has 8 nitrogen and oxygen atoms in total. The van der Waals surface area contributed by atoms with Crippen molar-refractivity contribution < 1.29 is 37.3 Å². The van der Waals surface area contributed by atoms with Crippen LogP contribution in [0.3, 0.4) is 0 Å². The van der Waals surface area contributed by atoms with Gasteiger partial charge in [0.2, 0.25) is 0 Å². The van der Waals surface area contributed by atoms with Crippen LogP contribution in [0.5, 0.6) is 0 Å². The van der Waals surface area contributed by atoms with Gasteiger partial charge in [0.25, 0.3) is 7.82 Å². The van der Waals surface area contributed by atoms with Gasteiger partial charge in [0.15, 0.2) is 0 Å². The summed E-state index contributed by atoms with van der Waals surface area (Å²) in [5.41, 5.74) is 0. The van der Waals surface area contributed by atoms with Crippen LogP contribution in [0, 0.1) is 0 Å². The Morgan fingerprint density at radius 3 is 1.55 bits per heavy atom. The second kappa shape index (κ2) is 40.2. The summed E-state index contributed by atoms with van der Waals surface area (Å²) < 4.78 is 34.6. The molecule has 9 heteroatoms. The quantitative estimate of drug-likeness (QED) is 0.0199. The van der Waals surface area contributed by atoms with Crippen LogP contribution in [0.1, 0.15) is 187 Å². The van der Waals surface area contributed by atoms with Crippen molar-refractivity contribution in [1.29, 1.82) is 0 Å². The number of phosphoric acid groups is 1. The standard InChI is InChI=1S/C47H88NO7P/c1-6-8-10-12-14-16-18-20-21-22-23-24-25-26-27-28-30-32-34-36-38-40-47(49)55-46(45-54-56(50,51)53-43-41-48(3,4)5)44-52-42-39-37-35-33-31-29-19-17-15-13-11-9-7-2/h8,10,14,16,20-21,23-24,46H,6-7,9,11-13,15,17-19,22,25-45H2,1-5H3/b10-8-,16-14-,21-20-,24-23-. The lowest BCUT2D eigenvalue weighted by Gasteiger charge is -2.28. The summed E-state index contributed by atoms with van der Waals surface area (Å²) in [5, 5.41) is 0. The van der Waals surface area contributed by atoms with Gasteiger partial charge < -0.3 is 27.9 Å². The molecule has 0 aliphatic heterocycles. The first-order valence-electron chi connectivity index (χ1n) is 22.9. The van der Waals surface area contributed by atoms with Crippen LogP contribution in [-0.4, -0.2) is 70.7 Å². The minimum absolute atomic E-state index is 0.0241. The Morgan fingerprint density at radius 2 is 1.04 bits per heavy atom. The van der Waals surface area contributed by atoms with Gasteiger partial charge in [-0.15, -0.1) is 0 Å². The third-order valence-electron chi connectivity index (χ3n) is 9.64. The van der Waals surface area contributed by atoms with Gasteiger partial charge in [0, 0.05) is 13.0 Å². The molecule has 2 unspecified atom stereocenters. The van der Waals surface area contributed by atoms with Crippen molar-refractivity contribution in [1.82, 2.24) is 0 Å². The van der Waals surface area contributed by atoms with Crippen molar-refractivity contribution in [3.8, 4) is 0 Å². The molecule has 0 amide bonds. The Bertz CT molecular complexity index is 1040. The highest BCUT2D eigenvalue weighted by Gasteiger charge is 2.20. The number of hydrogen-bond donors (Lipinski definition) is 0. The number of rotatable bonds is 42. The van der Waals surface area contributed by atoms with Gasteiger partial charge in [-0.3, -0.25) is 9.36 Å². The summed E-state index contributed by atoms with van der Waals surface area (Å²) >= 11 is 0. The van der Waals surface area contributed by atoms with Crippen LogP contribution in [0.25, 0.3) is 0 Å². The Labute approximate surface area is 346 Å². The molecule has 0 aromatic carbocycles. The molecule has 0 heterocycles. The van der Waals surface area contributed by atoms with Gasteiger partial charge in [-0.05, 0) is 51.4 Å². The fourth-order valence-electron chi connectivity index (χ4n) is 6.13. The number of unbranched alkanes of at least 4 members (excludes halogenated alkanes) is 20. The van der Waals surface area contributed by atoms with Crippen LogP contribution in [0.4, 0.5) is 0 Å². The molecule has 0 saturated heterocycles. The van der Waals surface area contributed by atoms with Crippen molar-refractivity contribution >= 4 is 13.8 Å². The first-order valence-corrected chi connectivity index (χ1v) is 24.3. The number of hydrogen-bond acceptors (Lipinski definition) is 7. The van der Waals surface area contributed by atoms with Gasteiger partial charge in [-0.2, -0.15) is 0 Å². The molecule has 0 aliphatic carbocycles. The van der Waals surface area contributed by atoms with Crippen LogP contribution in [0.15, 0.2) is 48.6 Å². The maximum Gasteiger partial charge on any atom is 0.306 e. The molecule has 0 rings (SSSR count). The number of esters is 1. The normalized spacial score (nSPS) is 14.2. The maximum atomic E-state index is 12.7. The molecule has 0 fully saturated rings. The molecule has 0 saturated carbocycles. The Balaban J connectivity index is 4.20. The Morgan fingerprint density at radius 1 is 0.571 bits per heavy atom. The number of likely N-dealkylation sites (N-methyl/N-ethyl adjacent to an activating group) is 1. The molecule has 0 aliphatic rings. The molecule has 0 aromatic heterocycles. The first kappa shape index (κ1) is 54.5. The number of ether oxygens (including phenoxy) is 2. The van der Waals surface area contributed by atoms with E-state index in [2.05, 4.69) is 62.5 Å². The number of allylic oxidation sites excluding steroid dienone is 8. The van der Waals surface area contributed by atoms with Crippen molar-refractivity contribution in [2.45, 2.75) is 193 Å². The van der Waals surface area contributed by atoms with Crippen molar-refractivity contribution in [3.05, 3.63) is 48.6 Å². The van der Waals surface area contributed by atoms with E-state index in [9.17, 15) is 14.3 Å². The molecule has 0 radical (unpaired) electrons. The van der Waals surface area contributed by atoms with Gasteiger partial charge in [-0.1, -0.05) is 178 Å². The summed E-state index contributed by atoms with van der Waals surface area (Å²) in [6.45, 7) is 5.30. The number of nitrogens with zero attached hydrogens (tertiary/aromatic N) is 1. The smallest absolute Gasteiger partial charge is 0.306 e. The SMILES string of the molecule is CC/C=C\C/C=C\C/C=C\C/C=C\CCCCCCCCCCC(=O)OC(COCCCCCCCCCCCCCCC)COP(=O)([O-])OCC[N+](C)(C)C. The zero-order valence-electron chi connectivity index (χ0n) is 37.1. The largest absolute Gasteiger partial charge is 0.756 e. The highest BCUT2D eigenvalue weighted by molar-refractivity contribution is 7.45. The molecule has 0 bridgehead atoms. The molecule has 2 atom stereocenters. The maximum absolute atomic E-state index is 12.7. The molecular weight excluding hydrogens is 721 g/mol. The van der Waals surface area contributed by atoms with Crippen molar-refractivity contribution in [3.63, 3.8) is 0 Å². The van der Waals surface area contributed by atoms with Gasteiger partial charge >= 0.3 is 5.97 Å². The van der Waals surface area contributed by atoms with E-state index in [0.717, 1.165) is 64.2 Å². The molecule has 56 heavy (non-hydrogen) atoms. The predicted octanol–water partition coefficient (Wildman–Crippen LogP) is 12.9. The average Bonchev–Trinajstić information content (AvgIpc) is 3.15. The minimum atomic E-state index is -4.53. The molecular formula is C47H88NO7P. The Hall–Kier alpha value is -1.54. The fourth-order valence-corrected chi connectivity index (χ4v) is 6.85.